The second-order valence-corrected chi connectivity index (χ2v) is 19.2. The van der Waals surface area contributed by atoms with E-state index in [2.05, 4.69) is 51.4 Å². The maximum absolute atomic E-state index is 15.0. The van der Waals surface area contributed by atoms with Gasteiger partial charge >= 0.3 is 18.1 Å². The van der Waals surface area contributed by atoms with Crippen molar-refractivity contribution in [2.24, 2.45) is 17.6 Å². The number of aromatic nitrogens is 5. The molecule has 398 valence electrons. The van der Waals surface area contributed by atoms with Gasteiger partial charge in [-0.25, -0.2) is 23.9 Å². The standard InChI is InChI=1S/C51H63FN14O9/c1-28(2)43(60-39(67)10-6-5-7-19-66-40(68)15-16-41(66)69)48(71)59-36(9-8-18-55-49(53)72)47(70)58-33-13-11-30(12-14-33)27-74-51(73)65-20-17-31-25-64(26-38(31)65)46-42-35-21-32(52)22-37(54-4)44(35)61-45(42)62-50(63-46)75-34-23-56-29(3)57-24-34/h11-16,21-24,28,31,36,38,43,48,54,59,71H,5-10,17-20,25-27H2,1-4H3,(H,58,70)(H,60,67)(H3,53,55,72)(H,61,62,63)/t31-,36-,38+,43-,48?/m0/s1. The number of hydrogen-bond acceptors (Lipinski definition) is 16. The number of urea groups is 1. The number of aliphatic hydroxyl groups excluding tert-OH is 1. The van der Waals surface area contributed by atoms with Crippen LogP contribution >= 0.6 is 0 Å². The van der Waals surface area contributed by atoms with Crippen LogP contribution in [0.15, 0.2) is 60.9 Å². The monoisotopic (exact) mass is 1030 g/mol. The number of anilines is 3. The number of nitrogens with one attached hydrogen (secondary N) is 6. The van der Waals surface area contributed by atoms with Crippen molar-refractivity contribution in [3.8, 4) is 11.8 Å². The lowest BCUT2D eigenvalue weighted by atomic mass is 10.0. The number of primary amides is 1. The lowest BCUT2D eigenvalue weighted by Gasteiger charge is -2.31. The first-order chi connectivity index (χ1) is 36.0. The molecule has 0 bridgehead atoms. The Kier molecular flexibility index (Phi) is 17.0. The molecule has 6 heterocycles. The number of aromatic amines is 1. The third-order valence-corrected chi connectivity index (χ3v) is 13.6. The quantitative estimate of drug-likeness (QED) is 0.0257. The predicted octanol–water partition coefficient (Wildman–Crippen LogP) is 4.32. The van der Waals surface area contributed by atoms with Crippen molar-refractivity contribution in [3.63, 3.8) is 0 Å². The lowest BCUT2D eigenvalue weighted by molar-refractivity contribution is -0.137. The first kappa shape index (κ1) is 53.3. The Balaban J connectivity index is 0.864. The van der Waals surface area contributed by atoms with Crippen molar-refractivity contribution in [3.05, 3.63) is 78.1 Å². The van der Waals surface area contributed by atoms with Crippen LogP contribution < -0.4 is 42.0 Å². The Labute approximate surface area is 431 Å². The van der Waals surface area contributed by atoms with Crippen molar-refractivity contribution < 1.29 is 47.7 Å². The molecule has 0 spiro atoms. The Bertz CT molecular complexity index is 2920. The number of carbonyl (C=O) groups excluding carboxylic acids is 6. The number of likely N-dealkylation sites (tertiary alicyclic amines) is 1. The van der Waals surface area contributed by atoms with Crippen molar-refractivity contribution in [2.75, 3.05) is 55.3 Å². The normalized spacial score (nSPS) is 17.4. The highest BCUT2D eigenvalue weighted by molar-refractivity contribution is 6.15. The molecular formula is C51H63FN14O9. The van der Waals surface area contributed by atoms with E-state index in [9.17, 15) is 33.9 Å². The molecule has 2 aromatic carbocycles. The van der Waals surface area contributed by atoms with E-state index in [1.165, 1.54) is 36.7 Å². The molecule has 3 aromatic heterocycles. The molecule has 3 aliphatic heterocycles. The summed E-state index contributed by atoms with van der Waals surface area (Å²) >= 11 is 0. The summed E-state index contributed by atoms with van der Waals surface area (Å²) in [5.41, 5.74) is 7.98. The van der Waals surface area contributed by atoms with Gasteiger partial charge in [-0.3, -0.25) is 29.4 Å². The lowest BCUT2D eigenvalue weighted by Crippen LogP contribution is -2.57. The van der Waals surface area contributed by atoms with E-state index in [0.29, 0.717) is 102 Å². The molecule has 8 rings (SSSR count). The number of aliphatic hydroxyl groups is 1. The van der Waals surface area contributed by atoms with Gasteiger partial charge in [-0.15, -0.1) is 0 Å². The number of rotatable bonds is 23. The summed E-state index contributed by atoms with van der Waals surface area (Å²) in [7, 11) is 1.71. The highest BCUT2D eigenvalue weighted by atomic mass is 19.1. The minimum atomic E-state index is -1.34. The molecule has 7 amide bonds. The van der Waals surface area contributed by atoms with Gasteiger partial charge in [0.15, 0.2) is 5.75 Å². The molecule has 0 radical (unpaired) electrons. The third-order valence-electron chi connectivity index (χ3n) is 13.6. The second-order valence-electron chi connectivity index (χ2n) is 19.2. The number of imide groups is 1. The van der Waals surface area contributed by atoms with Crippen LogP contribution in [0.2, 0.25) is 0 Å². The molecule has 9 N–H and O–H groups in total. The zero-order valence-electron chi connectivity index (χ0n) is 42.2. The van der Waals surface area contributed by atoms with Gasteiger partial charge in [-0.1, -0.05) is 32.4 Å². The van der Waals surface area contributed by atoms with Gasteiger partial charge in [0.25, 0.3) is 11.8 Å². The van der Waals surface area contributed by atoms with Crippen LogP contribution in [0.1, 0.15) is 70.2 Å². The van der Waals surface area contributed by atoms with Gasteiger partial charge in [0.05, 0.1) is 47.1 Å². The highest BCUT2D eigenvalue weighted by Gasteiger charge is 2.45. The van der Waals surface area contributed by atoms with Gasteiger partial charge in [-0.05, 0) is 74.8 Å². The minimum Gasteiger partial charge on any atom is -0.445 e. The number of ether oxygens (including phenoxy) is 2. The summed E-state index contributed by atoms with van der Waals surface area (Å²) in [6.07, 6.45) is 6.74. The maximum Gasteiger partial charge on any atom is 0.410 e. The summed E-state index contributed by atoms with van der Waals surface area (Å²) in [5, 5.41) is 26.8. The highest BCUT2D eigenvalue weighted by Crippen LogP contribution is 2.41. The summed E-state index contributed by atoms with van der Waals surface area (Å²) in [5.74, 6) is -0.630. The van der Waals surface area contributed by atoms with E-state index in [1.54, 1.807) is 43.1 Å². The largest absolute Gasteiger partial charge is 0.445 e. The fraction of sp³-hybridized carbons (Fsp3) is 0.451. The number of unbranched alkanes of at least 4 members (excludes halogenated alkanes) is 2. The number of amides is 7. The third kappa shape index (κ3) is 13.0. The second kappa shape index (κ2) is 23.9. The number of halogens is 1. The molecule has 75 heavy (non-hydrogen) atoms. The molecule has 1 unspecified atom stereocenters. The molecule has 5 atom stereocenters. The van der Waals surface area contributed by atoms with Crippen molar-refractivity contribution in [2.45, 2.75) is 96.7 Å². The zero-order chi connectivity index (χ0) is 53.3. The fourth-order valence-electron chi connectivity index (χ4n) is 9.71. The number of hydrogen-bond donors (Lipinski definition) is 8. The maximum atomic E-state index is 15.0. The Morgan fingerprint density at radius 1 is 0.987 bits per heavy atom. The topological polar surface area (TPSA) is 304 Å². The molecule has 2 fully saturated rings. The van der Waals surface area contributed by atoms with Gasteiger partial charge in [0, 0.05) is 75.3 Å². The number of H-pyrrole nitrogens is 1. The molecule has 0 aliphatic carbocycles. The number of carbonyl (C=O) groups is 6. The van der Waals surface area contributed by atoms with E-state index in [-0.39, 0.29) is 74.1 Å². The van der Waals surface area contributed by atoms with Crippen molar-refractivity contribution in [1.29, 1.82) is 0 Å². The summed E-state index contributed by atoms with van der Waals surface area (Å²) in [4.78, 5) is 102. The summed E-state index contributed by atoms with van der Waals surface area (Å²) < 4.78 is 26.9. The molecule has 23 nitrogen and oxygen atoms in total. The van der Waals surface area contributed by atoms with Crippen LogP contribution in [0.5, 0.6) is 11.8 Å². The molecule has 2 saturated heterocycles. The van der Waals surface area contributed by atoms with E-state index in [0.717, 1.165) is 11.3 Å². The van der Waals surface area contributed by atoms with Gasteiger partial charge < -0.3 is 56.4 Å². The zero-order valence-corrected chi connectivity index (χ0v) is 42.2. The Morgan fingerprint density at radius 2 is 1.73 bits per heavy atom. The van der Waals surface area contributed by atoms with E-state index in [1.807, 2.05) is 13.8 Å². The van der Waals surface area contributed by atoms with Crippen LogP contribution in [0.4, 0.5) is 31.2 Å². The number of nitrogens with two attached hydrogens (primary N) is 1. The first-order valence-electron chi connectivity index (χ1n) is 25.1. The molecule has 3 aliphatic rings. The van der Waals surface area contributed by atoms with E-state index >= 15 is 4.39 Å². The predicted molar refractivity (Wildman–Crippen MR) is 275 cm³/mol. The van der Waals surface area contributed by atoms with Crippen molar-refractivity contribution in [1.82, 2.24) is 50.7 Å². The van der Waals surface area contributed by atoms with Gasteiger partial charge in [-0.2, -0.15) is 9.97 Å². The first-order valence-corrected chi connectivity index (χ1v) is 25.1. The SMILES string of the molecule is CNc1cc(F)cc2c1[nH]c1nc(Oc3cnc(C)nc3)nc(N3C[C@@H]4CCN(C(=O)OCc5ccc(NC(=O)[C@H](CCCNC(N)=O)NC(O)[C@@H](NC(=O)CCCCCN6C(=O)C=CC6=O)C(C)C)cc5)[C@@H]4C3)c12. The molecule has 5 aromatic rings. The van der Waals surface area contributed by atoms with Crippen LogP contribution in [-0.4, -0.2) is 140 Å². The van der Waals surface area contributed by atoms with Crippen LogP contribution in [0, 0.1) is 24.6 Å². The Hall–Kier alpha value is -7.99. The summed E-state index contributed by atoms with van der Waals surface area (Å²) in [6, 6.07) is 7.01. The average Bonchev–Trinajstić information content (AvgIpc) is 4.18. The van der Waals surface area contributed by atoms with Crippen LogP contribution in [0.25, 0.3) is 21.9 Å². The molecular weight excluding hydrogens is 972 g/mol. The fourth-order valence-corrected chi connectivity index (χ4v) is 9.71. The number of nitrogens with zero attached hydrogens (tertiary/aromatic N) is 7. The van der Waals surface area contributed by atoms with Crippen molar-refractivity contribution >= 4 is 74.9 Å². The molecule has 24 heteroatoms. The molecule has 0 saturated carbocycles. The number of benzene rings is 2. The average molecular weight is 1040 g/mol. The number of fused-ring (bicyclic) bond motifs is 4. The number of aryl methyl sites for hydroxylation is 1. The smallest absolute Gasteiger partial charge is 0.410 e. The minimum absolute atomic E-state index is 0.0401. The Morgan fingerprint density at radius 3 is 2.44 bits per heavy atom. The van der Waals surface area contributed by atoms with Crippen LogP contribution in [0.3, 0.4) is 0 Å². The summed E-state index contributed by atoms with van der Waals surface area (Å²) in [6.45, 7) is 7.30. The van der Waals surface area contributed by atoms with E-state index in [4.69, 9.17) is 20.2 Å². The van der Waals surface area contributed by atoms with Crippen LogP contribution in [-0.2, 0) is 30.5 Å². The van der Waals surface area contributed by atoms with E-state index < -0.39 is 42.2 Å². The van der Waals surface area contributed by atoms with Gasteiger partial charge in [0.2, 0.25) is 11.8 Å². The van der Waals surface area contributed by atoms with Gasteiger partial charge in [0.1, 0.15) is 35.9 Å².